The Kier molecular flexibility index (Phi) is 5.03. The second kappa shape index (κ2) is 6.78. The van der Waals surface area contributed by atoms with Crippen LogP contribution in [0.3, 0.4) is 0 Å². The molecule has 1 saturated heterocycles. The number of hydrogen-bond acceptors (Lipinski definition) is 3. The summed E-state index contributed by atoms with van der Waals surface area (Å²) in [4.78, 5) is 36.1. The summed E-state index contributed by atoms with van der Waals surface area (Å²) in [6.45, 7) is 2.61. The normalized spacial score (nSPS) is 25.3. The summed E-state index contributed by atoms with van der Waals surface area (Å²) in [6, 6.07) is 0.0222. The molecule has 1 aliphatic carbocycles. The first kappa shape index (κ1) is 15.6. The van der Waals surface area contributed by atoms with Crippen molar-refractivity contribution in [2.24, 2.45) is 5.92 Å². The lowest BCUT2D eigenvalue weighted by atomic mass is 9.92. The van der Waals surface area contributed by atoms with Crippen LogP contribution in [0.5, 0.6) is 0 Å². The molecule has 7 nitrogen and oxygen atoms in total. The van der Waals surface area contributed by atoms with E-state index < -0.39 is 5.97 Å². The number of piperidine rings is 1. The van der Waals surface area contributed by atoms with Gasteiger partial charge in [0.15, 0.2) is 0 Å². The Bertz CT molecular complexity index is 422. The molecular weight excluding hydrogens is 274 g/mol. The largest absolute Gasteiger partial charge is 0.481 e. The number of carboxylic acid groups (broad SMARTS) is 1. The highest BCUT2D eigenvalue weighted by atomic mass is 16.4. The maximum Gasteiger partial charge on any atom is 0.317 e. The zero-order chi connectivity index (χ0) is 15.4. The predicted molar refractivity (Wildman–Crippen MR) is 75.7 cm³/mol. The van der Waals surface area contributed by atoms with Crippen molar-refractivity contribution in [3.05, 3.63) is 0 Å². The molecular formula is C14H23N3O4. The summed E-state index contributed by atoms with van der Waals surface area (Å²) in [5.41, 5.74) is 0. The van der Waals surface area contributed by atoms with Crippen LogP contribution in [0.25, 0.3) is 0 Å². The van der Waals surface area contributed by atoms with Crippen molar-refractivity contribution in [2.75, 3.05) is 13.1 Å². The van der Waals surface area contributed by atoms with Crippen LogP contribution >= 0.6 is 0 Å². The van der Waals surface area contributed by atoms with E-state index in [-0.39, 0.29) is 30.3 Å². The molecule has 0 radical (unpaired) electrons. The second-order valence-corrected chi connectivity index (χ2v) is 5.93. The zero-order valence-electron chi connectivity index (χ0n) is 12.3. The van der Waals surface area contributed by atoms with Crippen LogP contribution < -0.4 is 10.6 Å². The van der Waals surface area contributed by atoms with Gasteiger partial charge in [0.05, 0.1) is 5.92 Å². The Balaban J connectivity index is 1.68. The van der Waals surface area contributed by atoms with Crippen LogP contribution in [-0.4, -0.2) is 53.1 Å². The quantitative estimate of drug-likeness (QED) is 0.690. The number of nitrogens with zero attached hydrogens (tertiary/aromatic N) is 1. The molecule has 0 aromatic carbocycles. The Hall–Kier alpha value is -1.79. The second-order valence-electron chi connectivity index (χ2n) is 5.93. The molecule has 7 heteroatoms. The van der Waals surface area contributed by atoms with E-state index >= 15 is 0 Å². The van der Waals surface area contributed by atoms with E-state index in [0.29, 0.717) is 32.0 Å². The average Bonchev–Trinajstić information content (AvgIpc) is 3.22. The molecule has 2 rings (SSSR count). The highest BCUT2D eigenvalue weighted by Crippen LogP contribution is 2.23. The van der Waals surface area contributed by atoms with Gasteiger partial charge in [-0.2, -0.15) is 0 Å². The number of amides is 3. The summed E-state index contributed by atoms with van der Waals surface area (Å²) in [5, 5.41) is 14.6. The molecule has 3 N–H and O–H groups in total. The summed E-state index contributed by atoms with van der Waals surface area (Å²) in [6.07, 6.45) is 3.34. The summed E-state index contributed by atoms with van der Waals surface area (Å²) < 4.78 is 0. The van der Waals surface area contributed by atoms with E-state index in [0.717, 1.165) is 12.8 Å². The topological polar surface area (TPSA) is 98.7 Å². The number of hydrogen-bond donors (Lipinski definition) is 3. The lowest BCUT2D eigenvalue weighted by molar-refractivity contribution is -0.143. The SMILES string of the molecule is CC1CC(C(=O)O)CCN1C(=O)NCCC(=O)NC1CC1. The van der Waals surface area contributed by atoms with Gasteiger partial charge in [-0.25, -0.2) is 4.79 Å². The van der Waals surface area contributed by atoms with Crippen molar-refractivity contribution < 1.29 is 19.5 Å². The zero-order valence-corrected chi connectivity index (χ0v) is 12.3. The monoisotopic (exact) mass is 297 g/mol. The summed E-state index contributed by atoms with van der Waals surface area (Å²) >= 11 is 0. The smallest absolute Gasteiger partial charge is 0.317 e. The molecule has 2 aliphatic rings. The molecule has 21 heavy (non-hydrogen) atoms. The van der Waals surface area contributed by atoms with Crippen molar-refractivity contribution in [3.8, 4) is 0 Å². The Morgan fingerprint density at radius 2 is 1.95 bits per heavy atom. The first-order valence-corrected chi connectivity index (χ1v) is 7.54. The molecule has 2 atom stereocenters. The molecule has 1 heterocycles. The van der Waals surface area contributed by atoms with Crippen LogP contribution in [0.15, 0.2) is 0 Å². The van der Waals surface area contributed by atoms with Crippen molar-refractivity contribution in [3.63, 3.8) is 0 Å². The summed E-state index contributed by atoms with van der Waals surface area (Å²) in [5.74, 6) is -1.19. The highest BCUT2D eigenvalue weighted by Gasteiger charge is 2.32. The van der Waals surface area contributed by atoms with Crippen molar-refractivity contribution in [1.82, 2.24) is 15.5 Å². The van der Waals surface area contributed by atoms with Crippen LogP contribution in [0.2, 0.25) is 0 Å². The van der Waals surface area contributed by atoms with E-state index in [1.54, 1.807) is 4.90 Å². The van der Waals surface area contributed by atoms with Gasteiger partial charge in [-0.15, -0.1) is 0 Å². The van der Waals surface area contributed by atoms with E-state index in [1.807, 2.05) is 6.92 Å². The van der Waals surface area contributed by atoms with Gasteiger partial charge in [0.25, 0.3) is 0 Å². The van der Waals surface area contributed by atoms with Crippen LogP contribution in [0.1, 0.15) is 39.0 Å². The van der Waals surface area contributed by atoms with Crippen LogP contribution in [0.4, 0.5) is 4.79 Å². The Morgan fingerprint density at radius 3 is 2.52 bits per heavy atom. The molecule has 1 saturated carbocycles. The van der Waals surface area contributed by atoms with Crippen molar-refractivity contribution in [2.45, 2.75) is 51.1 Å². The lowest BCUT2D eigenvalue weighted by Crippen LogP contribution is -2.50. The highest BCUT2D eigenvalue weighted by molar-refractivity contribution is 5.79. The van der Waals surface area contributed by atoms with Gasteiger partial charge in [0.2, 0.25) is 5.91 Å². The maximum atomic E-state index is 12.0. The van der Waals surface area contributed by atoms with Gasteiger partial charge < -0.3 is 20.6 Å². The lowest BCUT2D eigenvalue weighted by Gasteiger charge is -2.36. The third-order valence-electron chi connectivity index (χ3n) is 4.06. The minimum atomic E-state index is -0.793. The first-order chi connectivity index (χ1) is 9.97. The number of carbonyl (C=O) groups is 3. The molecule has 0 aromatic rings. The molecule has 3 amide bonds. The van der Waals surface area contributed by atoms with Gasteiger partial charge in [-0.05, 0) is 32.6 Å². The Labute approximate surface area is 124 Å². The first-order valence-electron chi connectivity index (χ1n) is 7.54. The number of carbonyl (C=O) groups excluding carboxylic acids is 2. The van der Waals surface area contributed by atoms with Gasteiger partial charge >= 0.3 is 12.0 Å². The summed E-state index contributed by atoms with van der Waals surface area (Å²) in [7, 11) is 0. The molecule has 0 spiro atoms. The standard InChI is InChI=1S/C14H23N3O4/c1-9-8-10(13(19)20)5-7-17(9)14(21)15-6-4-12(18)16-11-2-3-11/h9-11H,2-8H2,1H3,(H,15,21)(H,16,18)(H,19,20). The predicted octanol–water partition coefficient (Wildman–Crippen LogP) is 0.550. The maximum absolute atomic E-state index is 12.0. The number of likely N-dealkylation sites (tertiary alicyclic amines) is 1. The van der Waals surface area contributed by atoms with Gasteiger partial charge in [-0.3, -0.25) is 9.59 Å². The van der Waals surface area contributed by atoms with Crippen molar-refractivity contribution in [1.29, 1.82) is 0 Å². The van der Waals surface area contributed by atoms with Gasteiger partial charge in [0.1, 0.15) is 0 Å². The van der Waals surface area contributed by atoms with E-state index in [4.69, 9.17) is 5.11 Å². The van der Waals surface area contributed by atoms with Gasteiger partial charge in [0, 0.05) is 31.6 Å². The number of nitrogens with one attached hydrogen (secondary N) is 2. The third-order valence-corrected chi connectivity index (χ3v) is 4.06. The van der Waals surface area contributed by atoms with Crippen LogP contribution in [-0.2, 0) is 9.59 Å². The molecule has 2 unspecified atom stereocenters. The third kappa shape index (κ3) is 4.61. The minimum absolute atomic E-state index is 0.0320. The van der Waals surface area contributed by atoms with E-state index in [2.05, 4.69) is 10.6 Å². The minimum Gasteiger partial charge on any atom is -0.481 e. The molecule has 118 valence electrons. The fourth-order valence-corrected chi connectivity index (χ4v) is 2.61. The number of rotatable bonds is 5. The fourth-order valence-electron chi connectivity index (χ4n) is 2.61. The Morgan fingerprint density at radius 1 is 1.24 bits per heavy atom. The average molecular weight is 297 g/mol. The molecule has 1 aliphatic heterocycles. The fraction of sp³-hybridized carbons (Fsp3) is 0.786. The van der Waals surface area contributed by atoms with E-state index in [1.165, 1.54) is 0 Å². The molecule has 0 aromatic heterocycles. The molecule has 0 bridgehead atoms. The number of carboxylic acids is 1. The van der Waals surface area contributed by atoms with E-state index in [9.17, 15) is 14.4 Å². The number of urea groups is 1. The van der Waals surface area contributed by atoms with Crippen molar-refractivity contribution >= 4 is 17.9 Å². The van der Waals surface area contributed by atoms with Crippen LogP contribution in [0, 0.1) is 5.92 Å². The van der Waals surface area contributed by atoms with Gasteiger partial charge in [-0.1, -0.05) is 0 Å². The number of aliphatic carboxylic acids is 1. The molecule has 2 fully saturated rings.